The normalized spacial score (nSPS) is 17.4. The zero-order valence-electron chi connectivity index (χ0n) is 4.10. The molecule has 3 heteroatoms. The smallest absolute Gasteiger partial charge is 0.130 e. The lowest BCUT2D eigenvalue weighted by Gasteiger charge is -2.06. The van der Waals surface area contributed by atoms with Gasteiger partial charge in [0.05, 0.1) is 0 Å². The van der Waals surface area contributed by atoms with E-state index in [4.69, 9.17) is 15.9 Å². The molecule has 0 aromatic rings. The summed E-state index contributed by atoms with van der Waals surface area (Å²) < 4.78 is 0. The van der Waals surface area contributed by atoms with Crippen molar-refractivity contribution in [3.8, 4) is 0 Å². The van der Waals surface area contributed by atoms with Crippen LogP contribution in [0.25, 0.3) is 0 Å². The molecule has 0 rings (SSSR count). The summed E-state index contributed by atoms with van der Waals surface area (Å²) in [5, 5.41) is 21.6. The summed E-state index contributed by atoms with van der Waals surface area (Å²) in [5.41, 5.74) is -1.33. The highest BCUT2D eigenvalue weighted by Gasteiger charge is 2.09. The van der Waals surface area contributed by atoms with Gasteiger partial charge < -0.3 is 15.9 Å². The first-order chi connectivity index (χ1) is 3.12. The summed E-state index contributed by atoms with van der Waals surface area (Å²) >= 11 is 0. The van der Waals surface area contributed by atoms with Crippen LogP contribution in [0.5, 0.6) is 0 Å². The van der Waals surface area contributed by atoms with E-state index in [0.717, 1.165) is 12.4 Å². The van der Waals surface area contributed by atoms with Gasteiger partial charge in [0.2, 0.25) is 0 Å². The molecular formula is C4H8N2O. The van der Waals surface area contributed by atoms with Crippen LogP contribution in [0.4, 0.5) is 0 Å². The predicted molar refractivity (Wildman–Crippen MR) is 28.2 cm³/mol. The van der Waals surface area contributed by atoms with Crippen LogP contribution in [0.2, 0.25) is 0 Å². The highest BCUT2D eigenvalue weighted by atomic mass is 16.3. The molecule has 40 valence electrons. The van der Waals surface area contributed by atoms with Gasteiger partial charge in [0, 0.05) is 12.4 Å². The molecule has 0 aromatic carbocycles. The van der Waals surface area contributed by atoms with E-state index in [-0.39, 0.29) is 0 Å². The van der Waals surface area contributed by atoms with E-state index in [9.17, 15) is 0 Å². The first-order valence-electron chi connectivity index (χ1n) is 1.88. The van der Waals surface area contributed by atoms with Crippen molar-refractivity contribution in [1.29, 1.82) is 10.8 Å². The maximum absolute atomic E-state index is 8.65. The lowest BCUT2D eigenvalue weighted by Crippen LogP contribution is -2.26. The van der Waals surface area contributed by atoms with Crippen LogP contribution in [0.3, 0.4) is 0 Å². The molecule has 7 heavy (non-hydrogen) atoms. The van der Waals surface area contributed by atoms with Crippen LogP contribution in [0, 0.1) is 10.8 Å². The van der Waals surface area contributed by atoms with Crippen molar-refractivity contribution in [2.45, 2.75) is 12.5 Å². The van der Waals surface area contributed by atoms with Gasteiger partial charge in [0.15, 0.2) is 0 Å². The minimum atomic E-state index is -1.33. The highest BCUT2D eigenvalue weighted by molar-refractivity contribution is 5.88. The molecule has 0 unspecified atom stereocenters. The Morgan fingerprint density at radius 3 is 1.71 bits per heavy atom. The Hall–Kier alpha value is -0.700. The van der Waals surface area contributed by atoms with Gasteiger partial charge in [-0.05, 0) is 6.92 Å². The van der Waals surface area contributed by atoms with Crippen molar-refractivity contribution in [2.75, 3.05) is 0 Å². The van der Waals surface area contributed by atoms with Crippen LogP contribution in [-0.2, 0) is 0 Å². The minimum absolute atomic E-state index is 0.806. The van der Waals surface area contributed by atoms with Gasteiger partial charge in [-0.15, -0.1) is 0 Å². The summed E-state index contributed by atoms with van der Waals surface area (Å²) in [6, 6.07) is 0. The molecule has 0 fully saturated rings. The topological polar surface area (TPSA) is 67.9 Å². The van der Waals surface area contributed by atoms with Crippen molar-refractivity contribution < 1.29 is 5.11 Å². The molecule has 0 aliphatic carbocycles. The van der Waals surface area contributed by atoms with Crippen molar-refractivity contribution in [1.82, 2.24) is 0 Å². The average molecular weight is 100 g/mol. The molecular weight excluding hydrogens is 92.1 g/mol. The van der Waals surface area contributed by atoms with E-state index >= 15 is 0 Å². The summed E-state index contributed by atoms with van der Waals surface area (Å²) in [7, 11) is 0. The van der Waals surface area contributed by atoms with Crippen molar-refractivity contribution in [3.05, 3.63) is 0 Å². The molecule has 0 saturated heterocycles. The summed E-state index contributed by atoms with van der Waals surface area (Å²) in [4.78, 5) is 0. The van der Waals surface area contributed by atoms with E-state index < -0.39 is 5.60 Å². The fourth-order valence-corrected chi connectivity index (χ4v) is 0.0417. The van der Waals surface area contributed by atoms with Crippen molar-refractivity contribution in [3.63, 3.8) is 0 Å². The largest absolute Gasteiger partial charge is 0.379 e. The fourth-order valence-electron chi connectivity index (χ4n) is 0.0417. The summed E-state index contributed by atoms with van der Waals surface area (Å²) in [6.45, 7) is 1.37. The molecule has 0 aliphatic rings. The molecule has 3 N–H and O–H groups in total. The van der Waals surface area contributed by atoms with Crippen LogP contribution in [-0.4, -0.2) is 23.1 Å². The third kappa shape index (κ3) is 2.05. The maximum Gasteiger partial charge on any atom is 0.130 e. The Kier molecular flexibility index (Phi) is 1.66. The van der Waals surface area contributed by atoms with Gasteiger partial charge in [0.25, 0.3) is 0 Å². The fraction of sp³-hybridized carbons (Fsp3) is 0.500. The third-order valence-corrected chi connectivity index (χ3v) is 0.584. The Balaban J connectivity index is 3.82. The molecule has 0 radical (unpaired) electrons. The van der Waals surface area contributed by atoms with Crippen molar-refractivity contribution in [2.24, 2.45) is 0 Å². The monoisotopic (exact) mass is 100 g/mol. The van der Waals surface area contributed by atoms with Crippen LogP contribution >= 0.6 is 0 Å². The third-order valence-electron chi connectivity index (χ3n) is 0.584. The molecule has 0 atom stereocenters. The number of hydrogen-bond acceptors (Lipinski definition) is 3. The first-order valence-corrected chi connectivity index (χ1v) is 1.88. The van der Waals surface area contributed by atoms with Gasteiger partial charge in [-0.2, -0.15) is 0 Å². The second kappa shape index (κ2) is 1.84. The van der Waals surface area contributed by atoms with Gasteiger partial charge in [-0.25, -0.2) is 0 Å². The molecule has 0 aliphatic heterocycles. The summed E-state index contributed by atoms with van der Waals surface area (Å²) in [5.74, 6) is 0. The first kappa shape index (κ1) is 6.30. The zero-order valence-corrected chi connectivity index (χ0v) is 4.10. The SMILES string of the molecule is CC(O)(C=N)C=N. The van der Waals surface area contributed by atoms with Gasteiger partial charge in [-0.1, -0.05) is 0 Å². The van der Waals surface area contributed by atoms with Crippen molar-refractivity contribution >= 4 is 12.4 Å². The highest BCUT2D eigenvalue weighted by Crippen LogP contribution is 1.89. The average Bonchev–Trinajstić information content (AvgIpc) is 1.68. The lowest BCUT2D eigenvalue weighted by molar-refractivity contribution is 0.213. The Bertz CT molecular complexity index is 77.7. The van der Waals surface area contributed by atoms with Crippen LogP contribution < -0.4 is 0 Å². The minimum Gasteiger partial charge on any atom is -0.379 e. The van der Waals surface area contributed by atoms with E-state index in [1.807, 2.05) is 0 Å². The number of nitrogens with one attached hydrogen (secondary N) is 2. The molecule has 0 saturated carbocycles. The number of hydrogen-bond donors (Lipinski definition) is 3. The Morgan fingerprint density at radius 2 is 1.71 bits per heavy atom. The Labute approximate surface area is 42.0 Å². The molecule has 0 amide bonds. The van der Waals surface area contributed by atoms with E-state index in [2.05, 4.69) is 0 Å². The molecule has 0 heterocycles. The molecule has 0 bridgehead atoms. The summed E-state index contributed by atoms with van der Waals surface area (Å²) in [6.07, 6.45) is 1.61. The lowest BCUT2D eigenvalue weighted by atomic mass is 10.1. The van der Waals surface area contributed by atoms with Gasteiger partial charge in [-0.3, -0.25) is 0 Å². The van der Waals surface area contributed by atoms with Crippen LogP contribution in [0.15, 0.2) is 0 Å². The zero-order chi connectivity index (χ0) is 5.91. The molecule has 3 nitrogen and oxygen atoms in total. The number of aliphatic hydroxyl groups is 1. The second-order valence-corrected chi connectivity index (χ2v) is 1.51. The van der Waals surface area contributed by atoms with Crippen LogP contribution in [0.1, 0.15) is 6.92 Å². The number of rotatable bonds is 2. The van der Waals surface area contributed by atoms with E-state index in [1.54, 1.807) is 0 Å². The van der Waals surface area contributed by atoms with Gasteiger partial charge in [0.1, 0.15) is 5.60 Å². The van der Waals surface area contributed by atoms with E-state index in [0.29, 0.717) is 0 Å². The Morgan fingerprint density at radius 1 is 1.43 bits per heavy atom. The van der Waals surface area contributed by atoms with Gasteiger partial charge >= 0.3 is 0 Å². The second-order valence-electron chi connectivity index (χ2n) is 1.51. The quantitative estimate of drug-likeness (QED) is 0.421. The standard InChI is InChI=1S/C4H8N2O/c1-4(7,2-5)3-6/h2-3,5-7H,1H3. The molecule has 0 aromatic heterocycles. The predicted octanol–water partition coefficient (Wildman–Crippen LogP) is 0.0365. The van der Waals surface area contributed by atoms with E-state index in [1.165, 1.54) is 6.92 Å². The molecule has 0 spiro atoms. The maximum atomic E-state index is 8.65.